The zero-order valence-corrected chi connectivity index (χ0v) is 15.8. The third kappa shape index (κ3) is 3.13. The summed E-state index contributed by atoms with van der Waals surface area (Å²) in [5.74, 6) is 2.98. The molecule has 1 N–H and O–H groups in total. The molecule has 0 atom stereocenters. The van der Waals surface area contributed by atoms with Crippen molar-refractivity contribution in [3.05, 3.63) is 41.1 Å². The van der Waals surface area contributed by atoms with Crippen LogP contribution in [0.5, 0.6) is 17.2 Å². The van der Waals surface area contributed by atoms with Gasteiger partial charge in [0.05, 0.1) is 21.3 Å². The largest absolute Gasteiger partial charge is 0.493 e. The summed E-state index contributed by atoms with van der Waals surface area (Å²) < 4.78 is 17.9. The van der Waals surface area contributed by atoms with Gasteiger partial charge in [0.2, 0.25) is 5.75 Å². The maximum Gasteiger partial charge on any atom is 0.203 e. The number of aromatic nitrogens is 4. The van der Waals surface area contributed by atoms with Crippen LogP contribution in [0.4, 0.5) is 11.5 Å². The maximum atomic E-state index is 5.39. The van der Waals surface area contributed by atoms with E-state index in [4.69, 9.17) is 14.2 Å². The average molecular weight is 383 g/mol. The minimum Gasteiger partial charge on any atom is -0.493 e. The van der Waals surface area contributed by atoms with E-state index in [2.05, 4.69) is 20.6 Å². The Morgan fingerprint density at radius 2 is 1.74 bits per heavy atom. The van der Waals surface area contributed by atoms with Crippen LogP contribution in [0.15, 0.2) is 41.1 Å². The molecule has 0 unspecified atom stereocenters. The molecule has 3 aromatic heterocycles. The molecule has 0 aliphatic rings. The number of anilines is 2. The fourth-order valence-corrected chi connectivity index (χ4v) is 3.36. The Balaban J connectivity index is 1.72. The lowest BCUT2D eigenvalue weighted by Gasteiger charge is -2.14. The van der Waals surface area contributed by atoms with Crippen molar-refractivity contribution in [2.24, 2.45) is 0 Å². The summed E-state index contributed by atoms with van der Waals surface area (Å²) in [5, 5.41) is 20.3. The Morgan fingerprint density at radius 1 is 0.963 bits per heavy atom. The first-order valence-electron chi connectivity index (χ1n) is 8.05. The smallest absolute Gasteiger partial charge is 0.203 e. The molecule has 138 valence electrons. The van der Waals surface area contributed by atoms with Crippen molar-refractivity contribution < 1.29 is 14.2 Å². The second-order valence-corrected chi connectivity index (χ2v) is 6.34. The molecule has 0 amide bonds. The van der Waals surface area contributed by atoms with Gasteiger partial charge in [-0.15, -0.1) is 15.3 Å². The van der Waals surface area contributed by atoms with Crippen molar-refractivity contribution in [1.82, 2.24) is 19.8 Å². The topological polar surface area (TPSA) is 82.8 Å². The minimum atomic E-state index is 0.535. The molecule has 0 aliphatic carbocycles. The highest BCUT2D eigenvalue weighted by molar-refractivity contribution is 7.08. The highest BCUT2D eigenvalue weighted by Crippen LogP contribution is 2.40. The highest BCUT2D eigenvalue weighted by Gasteiger charge is 2.14. The molecule has 3 heterocycles. The van der Waals surface area contributed by atoms with E-state index in [1.165, 1.54) is 0 Å². The second kappa shape index (κ2) is 7.12. The van der Waals surface area contributed by atoms with E-state index >= 15 is 0 Å². The van der Waals surface area contributed by atoms with Crippen LogP contribution in [0.25, 0.3) is 17.0 Å². The molecule has 1 aromatic carbocycles. The molecular formula is C18H17N5O3S. The normalized spacial score (nSPS) is 10.8. The molecule has 0 saturated carbocycles. The molecule has 0 fully saturated rings. The zero-order chi connectivity index (χ0) is 18.8. The van der Waals surface area contributed by atoms with E-state index in [-0.39, 0.29) is 0 Å². The fraction of sp³-hybridized carbons (Fsp3) is 0.167. The van der Waals surface area contributed by atoms with Crippen molar-refractivity contribution in [3.63, 3.8) is 0 Å². The standard InChI is InChI=1S/C18H17N5O3S/c1-24-13-8-12(9-14(25-2)17(13)26-3)19-15-4-5-16-20-21-18(23(16)22-15)11-6-7-27-10-11/h4-10H,1-3H3,(H,19,22). The van der Waals surface area contributed by atoms with Gasteiger partial charge in [-0.1, -0.05) is 0 Å². The van der Waals surface area contributed by atoms with Gasteiger partial charge in [-0.3, -0.25) is 0 Å². The fourth-order valence-electron chi connectivity index (χ4n) is 2.73. The summed E-state index contributed by atoms with van der Waals surface area (Å²) in [4.78, 5) is 0. The van der Waals surface area contributed by atoms with Crippen molar-refractivity contribution in [2.45, 2.75) is 0 Å². The lowest BCUT2D eigenvalue weighted by Crippen LogP contribution is -2.02. The number of nitrogens with one attached hydrogen (secondary N) is 1. The first kappa shape index (κ1) is 17.1. The summed E-state index contributed by atoms with van der Waals surface area (Å²) in [6.45, 7) is 0. The van der Waals surface area contributed by atoms with Crippen molar-refractivity contribution in [1.29, 1.82) is 0 Å². The van der Waals surface area contributed by atoms with E-state index in [0.29, 0.717) is 34.5 Å². The molecule has 0 bridgehead atoms. The van der Waals surface area contributed by atoms with E-state index in [0.717, 1.165) is 11.3 Å². The number of rotatable bonds is 6. The number of thiophene rings is 1. The Bertz CT molecular complexity index is 1050. The van der Waals surface area contributed by atoms with E-state index in [1.807, 2.05) is 41.1 Å². The van der Waals surface area contributed by atoms with Crippen molar-refractivity contribution in [3.8, 4) is 28.6 Å². The first-order valence-corrected chi connectivity index (χ1v) is 9.00. The molecule has 27 heavy (non-hydrogen) atoms. The maximum absolute atomic E-state index is 5.39. The second-order valence-electron chi connectivity index (χ2n) is 5.56. The van der Waals surface area contributed by atoms with Crippen LogP contribution in [0, 0.1) is 0 Å². The molecule has 0 radical (unpaired) electrons. The predicted molar refractivity (Wildman–Crippen MR) is 103 cm³/mol. The summed E-state index contributed by atoms with van der Waals surface area (Å²) in [6.07, 6.45) is 0. The summed E-state index contributed by atoms with van der Waals surface area (Å²) in [5.41, 5.74) is 2.40. The molecule has 4 rings (SSSR count). The number of benzene rings is 1. The third-order valence-corrected chi connectivity index (χ3v) is 4.66. The lowest BCUT2D eigenvalue weighted by molar-refractivity contribution is 0.324. The number of nitrogens with zero attached hydrogens (tertiary/aromatic N) is 4. The van der Waals surface area contributed by atoms with Gasteiger partial charge in [0.25, 0.3) is 0 Å². The van der Waals surface area contributed by atoms with Crippen LogP contribution in [0.3, 0.4) is 0 Å². The van der Waals surface area contributed by atoms with Gasteiger partial charge in [0.1, 0.15) is 0 Å². The Hall–Kier alpha value is -3.33. The molecule has 0 aliphatic heterocycles. The van der Waals surface area contributed by atoms with Gasteiger partial charge in [-0.2, -0.15) is 15.9 Å². The van der Waals surface area contributed by atoms with Gasteiger partial charge < -0.3 is 19.5 Å². The van der Waals surface area contributed by atoms with E-state index in [9.17, 15) is 0 Å². The molecular weight excluding hydrogens is 366 g/mol. The monoisotopic (exact) mass is 383 g/mol. The number of methoxy groups -OCH3 is 3. The van der Waals surface area contributed by atoms with E-state index < -0.39 is 0 Å². The number of ether oxygens (including phenoxy) is 3. The van der Waals surface area contributed by atoms with Crippen LogP contribution >= 0.6 is 11.3 Å². The third-order valence-electron chi connectivity index (χ3n) is 3.98. The zero-order valence-electron chi connectivity index (χ0n) is 15.0. The summed E-state index contributed by atoms with van der Waals surface area (Å²) in [6, 6.07) is 9.32. The van der Waals surface area contributed by atoms with Crippen LogP contribution in [0.1, 0.15) is 0 Å². The van der Waals surface area contributed by atoms with Crippen molar-refractivity contribution >= 4 is 28.5 Å². The quantitative estimate of drug-likeness (QED) is 0.544. The lowest BCUT2D eigenvalue weighted by atomic mass is 10.2. The first-order chi connectivity index (χ1) is 13.2. The number of fused-ring (bicyclic) bond motifs is 1. The number of hydrogen-bond donors (Lipinski definition) is 1. The van der Waals surface area contributed by atoms with Gasteiger partial charge in [0, 0.05) is 28.8 Å². The van der Waals surface area contributed by atoms with Crippen LogP contribution < -0.4 is 19.5 Å². The van der Waals surface area contributed by atoms with Gasteiger partial charge >= 0.3 is 0 Å². The van der Waals surface area contributed by atoms with Crippen LogP contribution in [0.2, 0.25) is 0 Å². The molecule has 9 heteroatoms. The van der Waals surface area contributed by atoms with Crippen LogP contribution in [-0.2, 0) is 0 Å². The van der Waals surface area contributed by atoms with Gasteiger partial charge in [-0.05, 0) is 23.6 Å². The highest BCUT2D eigenvalue weighted by atomic mass is 32.1. The SMILES string of the molecule is COc1cc(Nc2ccc3nnc(-c4ccsc4)n3n2)cc(OC)c1OC. The molecule has 0 spiro atoms. The van der Waals surface area contributed by atoms with E-state index in [1.54, 1.807) is 37.2 Å². The molecule has 0 saturated heterocycles. The average Bonchev–Trinajstić information content (AvgIpc) is 3.36. The Labute approximate surface area is 159 Å². The summed E-state index contributed by atoms with van der Waals surface area (Å²) in [7, 11) is 4.73. The predicted octanol–water partition coefficient (Wildman–Crippen LogP) is 3.62. The number of hydrogen-bond acceptors (Lipinski definition) is 8. The van der Waals surface area contributed by atoms with Crippen LogP contribution in [-0.4, -0.2) is 41.1 Å². The molecule has 4 aromatic rings. The Kier molecular flexibility index (Phi) is 4.51. The minimum absolute atomic E-state index is 0.535. The summed E-state index contributed by atoms with van der Waals surface area (Å²) >= 11 is 1.60. The van der Waals surface area contributed by atoms with Gasteiger partial charge in [0.15, 0.2) is 28.8 Å². The molecule has 8 nitrogen and oxygen atoms in total. The Morgan fingerprint density at radius 3 is 2.37 bits per heavy atom. The van der Waals surface area contributed by atoms with Crippen molar-refractivity contribution in [2.75, 3.05) is 26.6 Å². The van der Waals surface area contributed by atoms with Gasteiger partial charge in [-0.25, -0.2) is 0 Å².